The third-order valence-corrected chi connectivity index (χ3v) is 3.73. The maximum Gasteiger partial charge on any atom is 0.270 e. The summed E-state index contributed by atoms with van der Waals surface area (Å²) in [5.41, 5.74) is 2.04. The first-order valence-electron chi connectivity index (χ1n) is 7.70. The number of non-ortho nitro benzene ring substituents is 1. The number of hydrogen-bond donors (Lipinski definition) is 0. The molecule has 0 aromatic heterocycles. The molecule has 0 atom stereocenters. The van der Waals surface area contributed by atoms with Crippen LogP contribution in [0.5, 0.6) is 5.75 Å². The summed E-state index contributed by atoms with van der Waals surface area (Å²) in [6.07, 6.45) is 0. The number of nitro groups is 1. The van der Waals surface area contributed by atoms with Crippen LogP contribution in [0.15, 0.2) is 48.5 Å². The van der Waals surface area contributed by atoms with Gasteiger partial charge in [-0.1, -0.05) is 30.3 Å². The Morgan fingerprint density at radius 3 is 2.46 bits per heavy atom. The van der Waals surface area contributed by atoms with Crippen LogP contribution in [0.3, 0.4) is 0 Å². The summed E-state index contributed by atoms with van der Waals surface area (Å²) in [7, 11) is 3.23. The van der Waals surface area contributed by atoms with Gasteiger partial charge in [0.2, 0.25) is 0 Å². The van der Waals surface area contributed by atoms with Crippen molar-refractivity contribution in [3.05, 3.63) is 69.8 Å². The first kappa shape index (κ1) is 17.9. The monoisotopic (exact) mass is 330 g/mol. The summed E-state index contributed by atoms with van der Waals surface area (Å²) in [6, 6.07) is 14.8. The molecular weight excluding hydrogens is 308 g/mol. The van der Waals surface area contributed by atoms with Crippen LogP contribution in [-0.2, 0) is 17.8 Å². The summed E-state index contributed by atoms with van der Waals surface area (Å²) in [4.78, 5) is 12.8. The third kappa shape index (κ3) is 5.04. The Kier molecular flexibility index (Phi) is 6.72. The number of nitrogens with zero attached hydrogens (tertiary/aromatic N) is 2. The van der Waals surface area contributed by atoms with Gasteiger partial charge in [-0.2, -0.15) is 0 Å². The molecule has 0 fully saturated rings. The Balaban J connectivity index is 2.21. The van der Waals surface area contributed by atoms with Crippen molar-refractivity contribution < 1.29 is 14.4 Å². The minimum atomic E-state index is -0.389. The fraction of sp³-hybridized carbons (Fsp3) is 0.333. The van der Waals surface area contributed by atoms with E-state index in [-0.39, 0.29) is 10.6 Å². The van der Waals surface area contributed by atoms with E-state index < -0.39 is 0 Å². The maximum absolute atomic E-state index is 11.0. The van der Waals surface area contributed by atoms with Gasteiger partial charge in [-0.3, -0.25) is 15.0 Å². The van der Waals surface area contributed by atoms with Gasteiger partial charge in [-0.25, -0.2) is 0 Å². The summed E-state index contributed by atoms with van der Waals surface area (Å²) < 4.78 is 10.5. The van der Waals surface area contributed by atoms with Crippen molar-refractivity contribution in [1.82, 2.24) is 4.90 Å². The van der Waals surface area contributed by atoms with Crippen LogP contribution in [0.1, 0.15) is 11.1 Å². The summed E-state index contributed by atoms with van der Waals surface area (Å²) in [5, 5.41) is 11.0. The minimum Gasteiger partial charge on any atom is -0.496 e. The average Bonchev–Trinajstić information content (AvgIpc) is 2.60. The molecule has 6 nitrogen and oxygen atoms in total. The zero-order valence-electron chi connectivity index (χ0n) is 14.0. The van der Waals surface area contributed by atoms with Gasteiger partial charge < -0.3 is 9.47 Å². The second-order valence-electron chi connectivity index (χ2n) is 5.44. The normalized spacial score (nSPS) is 10.8. The van der Waals surface area contributed by atoms with Gasteiger partial charge in [-0.15, -0.1) is 0 Å². The van der Waals surface area contributed by atoms with Crippen LogP contribution < -0.4 is 4.74 Å². The molecule has 0 radical (unpaired) electrons. The van der Waals surface area contributed by atoms with Crippen LogP contribution >= 0.6 is 0 Å². The molecular formula is C18H22N2O4. The van der Waals surface area contributed by atoms with Crippen LogP contribution in [0.25, 0.3) is 0 Å². The quantitative estimate of drug-likeness (QED) is 0.521. The number of methoxy groups -OCH3 is 2. The van der Waals surface area contributed by atoms with Crippen molar-refractivity contribution in [3.8, 4) is 5.75 Å². The van der Waals surface area contributed by atoms with Crippen molar-refractivity contribution in [2.24, 2.45) is 0 Å². The molecule has 0 saturated heterocycles. The molecule has 0 aliphatic carbocycles. The smallest absolute Gasteiger partial charge is 0.270 e. The van der Waals surface area contributed by atoms with Crippen LogP contribution in [0, 0.1) is 10.1 Å². The highest BCUT2D eigenvalue weighted by Crippen LogP contribution is 2.25. The first-order chi connectivity index (χ1) is 11.6. The van der Waals surface area contributed by atoms with Gasteiger partial charge >= 0.3 is 0 Å². The average molecular weight is 330 g/mol. The van der Waals surface area contributed by atoms with Gasteiger partial charge in [0.25, 0.3) is 5.69 Å². The topological polar surface area (TPSA) is 64.8 Å². The van der Waals surface area contributed by atoms with Crippen molar-refractivity contribution in [3.63, 3.8) is 0 Å². The highest BCUT2D eigenvalue weighted by molar-refractivity contribution is 5.43. The van der Waals surface area contributed by atoms with E-state index in [1.54, 1.807) is 26.4 Å². The van der Waals surface area contributed by atoms with Crippen molar-refractivity contribution >= 4 is 5.69 Å². The maximum atomic E-state index is 11.0. The lowest BCUT2D eigenvalue weighted by molar-refractivity contribution is -0.385. The number of hydrogen-bond acceptors (Lipinski definition) is 5. The molecule has 2 rings (SSSR count). The van der Waals surface area contributed by atoms with Crippen LogP contribution in [-0.4, -0.2) is 37.2 Å². The van der Waals surface area contributed by atoms with E-state index in [9.17, 15) is 10.1 Å². The Labute approximate surface area is 141 Å². The third-order valence-electron chi connectivity index (χ3n) is 3.73. The molecule has 0 amide bonds. The minimum absolute atomic E-state index is 0.0669. The highest BCUT2D eigenvalue weighted by Gasteiger charge is 2.15. The molecule has 0 saturated carbocycles. The molecule has 0 unspecified atom stereocenters. The summed E-state index contributed by atoms with van der Waals surface area (Å²) in [6.45, 7) is 2.58. The predicted molar refractivity (Wildman–Crippen MR) is 92.1 cm³/mol. The van der Waals surface area contributed by atoms with Gasteiger partial charge in [0.15, 0.2) is 0 Å². The largest absolute Gasteiger partial charge is 0.496 e. The van der Waals surface area contributed by atoms with Gasteiger partial charge in [-0.05, 0) is 11.6 Å². The van der Waals surface area contributed by atoms with Crippen LogP contribution in [0.2, 0.25) is 0 Å². The molecule has 0 heterocycles. The Morgan fingerprint density at radius 2 is 1.83 bits per heavy atom. The Bertz CT molecular complexity index is 661. The van der Waals surface area contributed by atoms with Gasteiger partial charge in [0, 0.05) is 44.4 Å². The standard InChI is InChI=1S/C18H22N2O4/c1-23-11-10-19(13-15-6-4-3-5-7-15)14-16-12-17(20(21)22)8-9-18(16)24-2/h3-9,12H,10-11,13-14H2,1-2H3. The molecule has 0 spiro atoms. The van der Waals surface area contributed by atoms with E-state index in [1.807, 2.05) is 18.2 Å². The van der Waals surface area contributed by atoms with E-state index in [1.165, 1.54) is 11.6 Å². The molecule has 2 aromatic rings. The second-order valence-corrected chi connectivity index (χ2v) is 5.44. The van der Waals surface area contributed by atoms with Gasteiger partial charge in [0.05, 0.1) is 18.6 Å². The fourth-order valence-corrected chi connectivity index (χ4v) is 2.52. The highest BCUT2D eigenvalue weighted by atomic mass is 16.6. The van der Waals surface area contributed by atoms with E-state index >= 15 is 0 Å². The molecule has 0 aliphatic heterocycles. The SMILES string of the molecule is COCCN(Cc1ccccc1)Cc1cc([N+](=O)[O-])ccc1OC. The lowest BCUT2D eigenvalue weighted by atomic mass is 10.1. The molecule has 0 bridgehead atoms. The number of rotatable bonds is 9. The molecule has 0 aliphatic rings. The van der Waals surface area contributed by atoms with E-state index in [0.717, 1.165) is 18.7 Å². The molecule has 128 valence electrons. The number of nitro benzene ring substituents is 1. The predicted octanol–water partition coefficient (Wildman–Crippen LogP) is 3.25. The van der Waals surface area contributed by atoms with Crippen molar-refractivity contribution in [2.45, 2.75) is 13.1 Å². The molecule has 24 heavy (non-hydrogen) atoms. The summed E-state index contributed by atoms with van der Waals surface area (Å²) in [5.74, 6) is 0.649. The fourth-order valence-electron chi connectivity index (χ4n) is 2.52. The molecule has 2 aromatic carbocycles. The van der Waals surface area contributed by atoms with Crippen molar-refractivity contribution in [1.29, 1.82) is 0 Å². The summed E-state index contributed by atoms with van der Waals surface area (Å²) >= 11 is 0. The zero-order valence-corrected chi connectivity index (χ0v) is 14.0. The lowest BCUT2D eigenvalue weighted by Gasteiger charge is -2.23. The second kappa shape index (κ2) is 9.00. The lowest BCUT2D eigenvalue weighted by Crippen LogP contribution is -2.27. The van der Waals surface area contributed by atoms with E-state index in [2.05, 4.69) is 17.0 Å². The molecule has 0 N–H and O–H groups in total. The Morgan fingerprint density at radius 1 is 1.08 bits per heavy atom. The Hall–Kier alpha value is -2.44. The van der Waals surface area contributed by atoms with E-state index in [0.29, 0.717) is 18.9 Å². The molecule has 6 heteroatoms. The van der Waals surface area contributed by atoms with Crippen molar-refractivity contribution in [2.75, 3.05) is 27.4 Å². The first-order valence-corrected chi connectivity index (χ1v) is 7.70. The van der Waals surface area contributed by atoms with Crippen LogP contribution in [0.4, 0.5) is 5.69 Å². The van der Waals surface area contributed by atoms with E-state index in [4.69, 9.17) is 9.47 Å². The zero-order chi connectivity index (χ0) is 17.4. The van der Waals surface area contributed by atoms with Gasteiger partial charge in [0.1, 0.15) is 5.75 Å². The number of benzene rings is 2. The number of ether oxygens (including phenoxy) is 2.